The van der Waals surface area contributed by atoms with E-state index in [1.807, 2.05) is 72.8 Å². The lowest BCUT2D eigenvalue weighted by atomic mass is 9.83. The second kappa shape index (κ2) is 19.5. The molecule has 2 aromatic carbocycles. The molecule has 0 unspecified atom stereocenters. The van der Waals surface area contributed by atoms with Gasteiger partial charge in [-0.25, -0.2) is 9.59 Å². The minimum Gasteiger partial charge on any atom is -0.469 e. The van der Waals surface area contributed by atoms with E-state index in [0.29, 0.717) is 0 Å². The van der Waals surface area contributed by atoms with E-state index in [2.05, 4.69) is 26.3 Å². The van der Waals surface area contributed by atoms with Crippen LogP contribution in [0.5, 0.6) is 0 Å². The molecule has 0 aliphatic carbocycles. The third kappa shape index (κ3) is 12.3. The number of benzene rings is 2. The Bertz CT molecular complexity index is 1700. The van der Waals surface area contributed by atoms with Gasteiger partial charge in [0.2, 0.25) is 11.8 Å². The summed E-state index contributed by atoms with van der Waals surface area (Å²) in [5, 5.41) is 22.9. The molecule has 0 radical (unpaired) electrons. The molecule has 5 N–H and O–H groups in total. The highest BCUT2D eigenvalue weighted by atomic mass is 16.5. The Morgan fingerprint density at radius 1 is 0.667 bits per heavy atom. The molecule has 0 saturated heterocycles. The first-order valence-corrected chi connectivity index (χ1v) is 17.6. The van der Waals surface area contributed by atoms with Crippen LogP contribution in [0.15, 0.2) is 79.0 Å². The fraction of sp³-hybridized carbons (Fsp3) is 0.450. The third-order valence-electron chi connectivity index (χ3n) is 9.08. The molecule has 0 aliphatic rings. The molecule has 14 nitrogen and oxygen atoms in total. The predicted molar refractivity (Wildman–Crippen MR) is 202 cm³/mol. The minimum absolute atomic E-state index is 0.0455. The van der Waals surface area contributed by atoms with Gasteiger partial charge in [-0.2, -0.15) is 0 Å². The van der Waals surface area contributed by atoms with E-state index in [1.54, 1.807) is 27.0 Å². The van der Waals surface area contributed by atoms with E-state index in [0.717, 1.165) is 29.5 Å². The first kappa shape index (κ1) is 42.9. The number of carbonyl (C=O) groups excluding carboxylic acids is 5. The van der Waals surface area contributed by atoms with Gasteiger partial charge in [-0.15, -0.1) is 0 Å². The number of esters is 1. The van der Waals surface area contributed by atoms with Crippen LogP contribution in [-0.2, 0) is 41.4 Å². The van der Waals surface area contributed by atoms with Gasteiger partial charge in [-0.1, -0.05) is 81.4 Å². The van der Waals surface area contributed by atoms with Crippen molar-refractivity contribution in [2.45, 2.75) is 84.2 Å². The molecular weight excluding hydrogens is 694 g/mol. The molecule has 292 valence electrons. The van der Waals surface area contributed by atoms with Crippen molar-refractivity contribution in [3.8, 4) is 11.3 Å². The Kier molecular flexibility index (Phi) is 15.5. The number of hydrogen-bond donors (Lipinski definition) is 5. The molecule has 0 spiro atoms. The summed E-state index contributed by atoms with van der Waals surface area (Å²) in [6, 6.07) is 18.3. The fourth-order valence-electron chi connectivity index (χ4n) is 5.96. The number of carbonyl (C=O) groups is 5. The lowest BCUT2D eigenvalue weighted by molar-refractivity contribution is -0.155. The summed E-state index contributed by atoms with van der Waals surface area (Å²) in [6.45, 7) is 8.29. The maximum absolute atomic E-state index is 14.0. The van der Waals surface area contributed by atoms with Crippen molar-refractivity contribution in [3.05, 3.63) is 90.1 Å². The Labute approximate surface area is 316 Å². The van der Waals surface area contributed by atoms with E-state index in [4.69, 9.17) is 14.2 Å². The van der Waals surface area contributed by atoms with Crippen molar-refractivity contribution in [2.24, 2.45) is 10.8 Å². The van der Waals surface area contributed by atoms with Crippen LogP contribution in [0.25, 0.3) is 11.3 Å². The molecule has 0 aliphatic heterocycles. The van der Waals surface area contributed by atoms with Gasteiger partial charge in [0.25, 0.3) is 0 Å². The number of alkyl carbamates (subject to hydrolysis) is 2. The Morgan fingerprint density at radius 2 is 1.22 bits per heavy atom. The van der Waals surface area contributed by atoms with Gasteiger partial charge in [-0.05, 0) is 61.8 Å². The molecule has 14 heteroatoms. The highest BCUT2D eigenvalue weighted by Gasteiger charge is 2.45. The van der Waals surface area contributed by atoms with Crippen molar-refractivity contribution >= 4 is 30.0 Å². The van der Waals surface area contributed by atoms with Crippen LogP contribution in [-0.4, -0.2) is 91.7 Å². The second-order valence-electron chi connectivity index (χ2n) is 14.6. The van der Waals surface area contributed by atoms with E-state index >= 15 is 0 Å². The number of amides is 4. The van der Waals surface area contributed by atoms with Crippen LogP contribution in [0.3, 0.4) is 0 Å². The number of nitrogens with zero attached hydrogens (tertiary/aromatic N) is 1. The number of hydrogen-bond acceptors (Lipinski definition) is 10. The van der Waals surface area contributed by atoms with E-state index in [-0.39, 0.29) is 19.3 Å². The molecule has 3 rings (SSSR count). The predicted octanol–water partition coefficient (Wildman–Crippen LogP) is 3.95. The number of rotatable bonds is 16. The minimum atomic E-state index is -1.54. The SMILES string of the molecule is COC(=O)N[C@H](C(=O)N[C@@H](Cc1ccc(-c2ccccn2)cc1)C[C@H](O)[C@H](Cc1ccccc1)NC(=O)[C@@H](NC(=O)OC)C(C)(C)C(=O)OC)C(C)(C)C. The van der Waals surface area contributed by atoms with Gasteiger partial charge in [0, 0.05) is 17.8 Å². The van der Waals surface area contributed by atoms with Crippen LogP contribution in [0.4, 0.5) is 9.59 Å². The Hall–Kier alpha value is -5.50. The second-order valence-corrected chi connectivity index (χ2v) is 14.6. The maximum atomic E-state index is 14.0. The van der Waals surface area contributed by atoms with Crippen molar-refractivity contribution in [2.75, 3.05) is 21.3 Å². The largest absolute Gasteiger partial charge is 0.469 e. The van der Waals surface area contributed by atoms with Gasteiger partial charge in [0.05, 0.1) is 44.6 Å². The number of ether oxygens (including phenoxy) is 3. The molecule has 5 atom stereocenters. The molecular formula is C40H53N5O9. The van der Waals surface area contributed by atoms with E-state index in [1.165, 1.54) is 28.1 Å². The summed E-state index contributed by atoms with van der Waals surface area (Å²) in [6.07, 6.45) is -0.899. The van der Waals surface area contributed by atoms with Gasteiger partial charge < -0.3 is 40.6 Å². The number of aromatic nitrogens is 1. The van der Waals surface area contributed by atoms with E-state index < -0.39 is 71.1 Å². The van der Waals surface area contributed by atoms with Gasteiger partial charge in [-0.3, -0.25) is 19.4 Å². The topological polar surface area (TPSA) is 194 Å². The molecule has 3 aromatic rings. The number of methoxy groups -OCH3 is 3. The number of aliphatic hydroxyl groups is 1. The zero-order chi connectivity index (χ0) is 40.1. The molecule has 0 saturated carbocycles. The number of nitrogens with one attached hydrogen (secondary N) is 4. The summed E-state index contributed by atoms with van der Waals surface area (Å²) in [5.41, 5.74) is 1.05. The molecule has 1 heterocycles. The Balaban J connectivity index is 2.00. The summed E-state index contributed by atoms with van der Waals surface area (Å²) >= 11 is 0. The Morgan fingerprint density at radius 3 is 1.76 bits per heavy atom. The summed E-state index contributed by atoms with van der Waals surface area (Å²) in [4.78, 5) is 69.6. The maximum Gasteiger partial charge on any atom is 0.407 e. The van der Waals surface area contributed by atoms with Crippen molar-refractivity contribution in [3.63, 3.8) is 0 Å². The number of aliphatic hydroxyl groups excluding tert-OH is 1. The lowest BCUT2D eigenvalue weighted by Gasteiger charge is -2.35. The van der Waals surface area contributed by atoms with Crippen LogP contribution in [0.1, 0.15) is 52.2 Å². The van der Waals surface area contributed by atoms with Gasteiger partial charge in [0.15, 0.2) is 0 Å². The molecule has 0 bridgehead atoms. The molecule has 4 amide bonds. The molecule has 0 fully saturated rings. The van der Waals surface area contributed by atoms with Crippen LogP contribution in [0.2, 0.25) is 0 Å². The van der Waals surface area contributed by atoms with Crippen molar-refractivity contribution < 1.29 is 43.3 Å². The highest BCUT2D eigenvalue weighted by Crippen LogP contribution is 2.25. The highest BCUT2D eigenvalue weighted by molar-refractivity contribution is 5.93. The average molecular weight is 748 g/mol. The van der Waals surface area contributed by atoms with Crippen LogP contribution < -0.4 is 21.3 Å². The summed E-state index contributed by atoms with van der Waals surface area (Å²) < 4.78 is 14.4. The fourth-order valence-corrected chi connectivity index (χ4v) is 5.96. The summed E-state index contributed by atoms with van der Waals surface area (Å²) in [7, 11) is 3.51. The first-order valence-electron chi connectivity index (χ1n) is 17.6. The van der Waals surface area contributed by atoms with E-state index in [9.17, 15) is 29.1 Å². The average Bonchev–Trinajstić information content (AvgIpc) is 3.15. The van der Waals surface area contributed by atoms with Crippen molar-refractivity contribution in [1.82, 2.24) is 26.3 Å². The van der Waals surface area contributed by atoms with Gasteiger partial charge in [0.1, 0.15) is 12.1 Å². The zero-order valence-electron chi connectivity index (χ0n) is 32.2. The quantitative estimate of drug-likeness (QED) is 0.106. The third-order valence-corrected chi connectivity index (χ3v) is 9.08. The van der Waals surface area contributed by atoms with Gasteiger partial charge >= 0.3 is 18.2 Å². The smallest absolute Gasteiger partial charge is 0.407 e. The van der Waals surface area contributed by atoms with Crippen LogP contribution in [0, 0.1) is 10.8 Å². The standard InChI is InChI=1S/C40H53N5O9/c1-39(2,3)32(44-37(50)53-7)34(47)42-28(22-26-17-19-27(20-18-26)29-16-12-13-21-41-29)24-31(46)30(23-25-14-10-9-11-15-25)43-35(48)33(45-38(51)54-8)40(4,5)36(49)52-6/h9-21,28,30-33,46H,22-24H2,1-8H3,(H,42,47)(H,43,48)(H,44,50)(H,45,51)/t28-,30-,31-,32+,33+/m0/s1. The van der Waals surface area contributed by atoms with Crippen molar-refractivity contribution in [1.29, 1.82) is 0 Å². The molecule has 1 aromatic heterocycles. The first-order chi connectivity index (χ1) is 25.5. The summed E-state index contributed by atoms with van der Waals surface area (Å²) in [5.74, 6) is -2.03. The molecule has 54 heavy (non-hydrogen) atoms. The monoisotopic (exact) mass is 747 g/mol. The van der Waals surface area contributed by atoms with Crippen LogP contribution >= 0.6 is 0 Å². The lowest BCUT2D eigenvalue weighted by Crippen LogP contribution is -2.60. The normalized spacial score (nSPS) is 14.2. The number of pyridine rings is 1. The zero-order valence-corrected chi connectivity index (χ0v) is 32.2.